The molecule has 2 aromatic rings. The highest BCUT2D eigenvalue weighted by atomic mass is 35.5. The lowest BCUT2D eigenvalue weighted by molar-refractivity contribution is -0.113. The van der Waals surface area contributed by atoms with Crippen LogP contribution >= 0.6 is 23.4 Å². The number of aromatic nitrogens is 1. The van der Waals surface area contributed by atoms with Crippen molar-refractivity contribution in [2.24, 2.45) is 0 Å². The molecule has 1 aromatic carbocycles. The van der Waals surface area contributed by atoms with Gasteiger partial charge in [-0.2, -0.15) is 0 Å². The van der Waals surface area contributed by atoms with Crippen molar-refractivity contribution in [3.63, 3.8) is 0 Å². The number of hydrogen-bond acceptors (Lipinski definition) is 4. The molecule has 0 aliphatic heterocycles. The number of amides is 2. The van der Waals surface area contributed by atoms with E-state index < -0.39 is 0 Å². The van der Waals surface area contributed by atoms with Gasteiger partial charge < -0.3 is 10.2 Å². The number of anilines is 1. The minimum absolute atomic E-state index is 0.145. The summed E-state index contributed by atoms with van der Waals surface area (Å²) in [6.07, 6.45) is 3.49. The Bertz CT molecular complexity index is 723. The number of carbonyl (C=O) groups is 2. The van der Waals surface area contributed by atoms with Crippen molar-refractivity contribution in [1.82, 2.24) is 9.88 Å². The molecule has 0 unspecified atom stereocenters. The fourth-order valence-electron chi connectivity index (χ4n) is 1.94. The Hall–Kier alpha value is -2.05. The normalized spacial score (nSPS) is 10.3. The van der Waals surface area contributed by atoms with Crippen molar-refractivity contribution in [1.29, 1.82) is 0 Å². The predicted molar refractivity (Wildman–Crippen MR) is 98.5 cm³/mol. The van der Waals surface area contributed by atoms with E-state index >= 15 is 0 Å². The largest absolute Gasteiger partial charge is 0.345 e. The molecular formula is C17H18ClN3O2S. The van der Waals surface area contributed by atoms with Gasteiger partial charge in [0, 0.05) is 37.8 Å². The topological polar surface area (TPSA) is 62.3 Å². The van der Waals surface area contributed by atoms with Gasteiger partial charge in [-0.25, -0.2) is 0 Å². The third-order valence-electron chi connectivity index (χ3n) is 3.12. The highest BCUT2D eigenvalue weighted by Crippen LogP contribution is 2.24. The Kier molecular flexibility index (Phi) is 6.63. The standard InChI is InChI=1S/C17H18ClN3O2S/c1-21(2)17(23)13-5-6-14(18)15(8-13)20-16(22)11-24-10-12-4-3-7-19-9-12/h3-9H,10-11H2,1-2H3,(H,20,22). The summed E-state index contributed by atoms with van der Waals surface area (Å²) in [4.78, 5) is 29.6. The Morgan fingerprint density at radius 1 is 1.29 bits per heavy atom. The third kappa shape index (κ3) is 5.25. The lowest BCUT2D eigenvalue weighted by atomic mass is 10.2. The Balaban J connectivity index is 1.93. The molecule has 2 rings (SSSR count). The van der Waals surface area contributed by atoms with Crippen LogP contribution < -0.4 is 5.32 Å². The number of nitrogens with zero attached hydrogens (tertiary/aromatic N) is 2. The van der Waals surface area contributed by atoms with Crippen LogP contribution in [0.4, 0.5) is 5.69 Å². The van der Waals surface area contributed by atoms with Gasteiger partial charge in [0.15, 0.2) is 0 Å². The van der Waals surface area contributed by atoms with Crippen LogP contribution in [0.3, 0.4) is 0 Å². The molecule has 2 amide bonds. The van der Waals surface area contributed by atoms with E-state index in [2.05, 4.69) is 10.3 Å². The first-order valence-corrected chi connectivity index (χ1v) is 8.78. The van der Waals surface area contributed by atoms with Crippen LogP contribution in [-0.4, -0.2) is 41.5 Å². The maximum atomic E-state index is 12.1. The summed E-state index contributed by atoms with van der Waals surface area (Å²) >= 11 is 7.58. The smallest absolute Gasteiger partial charge is 0.253 e. The zero-order valence-electron chi connectivity index (χ0n) is 13.5. The van der Waals surface area contributed by atoms with Crippen molar-refractivity contribution >= 4 is 40.9 Å². The molecule has 0 aliphatic carbocycles. The molecule has 5 nitrogen and oxygen atoms in total. The third-order valence-corrected chi connectivity index (χ3v) is 4.45. The number of carbonyl (C=O) groups excluding carboxylic acids is 2. The lowest BCUT2D eigenvalue weighted by Gasteiger charge is -2.13. The molecule has 1 N–H and O–H groups in total. The van der Waals surface area contributed by atoms with Crippen LogP contribution in [0.25, 0.3) is 0 Å². The minimum Gasteiger partial charge on any atom is -0.345 e. The van der Waals surface area contributed by atoms with Crippen LogP contribution in [0.15, 0.2) is 42.7 Å². The molecule has 1 aromatic heterocycles. The average molecular weight is 364 g/mol. The van der Waals surface area contributed by atoms with Gasteiger partial charge in [0.25, 0.3) is 5.91 Å². The van der Waals surface area contributed by atoms with E-state index in [1.54, 1.807) is 44.7 Å². The lowest BCUT2D eigenvalue weighted by Crippen LogP contribution is -2.22. The van der Waals surface area contributed by atoms with Gasteiger partial charge in [0.05, 0.1) is 16.5 Å². The summed E-state index contributed by atoms with van der Waals surface area (Å²) < 4.78 is 0. The van der Waals surface area contributed by atoms with E-state index in [1.165, 1.54) is 16.7 Å². The molecule has 0 fully saturated rings. The zero-order chi connectivity index (χ0) is 17.5. The van der Waals surface area contributed by atoms with Crippen molar-refractivity contribution in [2.75, 3.05) is 25.2 Å². The molecule has 7 heteroatoms. The van der Waals surface area contributed by atoms with Gasteiger partial charge in [0.2, 0.25) is 5.91 Å². The van der Waals surface area contributed by atoms with Crippen molar-refractivity contribution in [3.05, 3.63) is 58.9 Å². The van der Waals surface area contributed by atoms with E-state index in [9.17, 15) is 9.59 Å². The first-order chi connectivity index (χ1) is 11.5. The zero-order valence-corrected chi connectivity index (χ0v) is 15.0. The summed E-state index contributed by atoms with van der Waals surface area (Å²) in [7, 11) is 3.34. The second-order valence-corrected chi connectivity index (χ2v) is 6.69. The molecule has 0 bridgehead atoms. The summed E-state index contributed by atoms with van der Waals surface area (Å²) in [5, 5.41) is 3.15. The summed E-state index contributed by atoms with van der Waals surface area (Å²) in [6, 6.07) is 8.66. The van der Waals surface area contributed by atoms with Gasteiger partial charge in [-0.3, -0.25) is 14.6 Å². The second kappa shape index (κ2) is 8.70. The molecule has 0 saturated heterocycles. The number of hydrogen-bond donors (Lipinski definition) is 1. The maximum Gasteiger partial charge on any atom is 0.253 e. The number of thioether (sulfide) groups is 1. The highest BCUT2D eigenvalue weighted by Gasteiger charge is 2.12. The first kappa shape index (κ1) is 18.3. The number of nitrogens with one attached hydrogen (secondary N) is 1. The number of rotatable bonds is 6. The molecule has 0 saturated carbocycles. The molecule has 0 radical (unpaired) electrons. The quantitative estimate of drug-likeness (QED) is 0.855. The minimum atomic E-state index is -0.166. The Morgan fingerprint density at radius 2 is 2.08 bits per heavy atom. The van der Waals surface area contributed by atoms with Crippen molar-refractivity contribution in [3.8, 4) is 0 Å². The van der Waals surface area contributed by atoms with Crippen molar-refractivity contribution < 1.29 is 9.59 Å². The Labute approximate surface area is 150 Å². The van der Waals surface area contributed by atoms with Crippen LogP contribution in [0, 0.1) is 0 Å². The fraction of sp³-hybridized carbons (Fsp3) is 0.235. The highest BCUT2D eigenvalue weighted by molar-refractivity contribution is 7.99. The molecular weight excluding hydrogens is 346 g/mol. The number of pyridine rings is 1. The molecule has 0 spiro atoms. The van der Waals surface area contributed by atoms with E-state index in [-0.39, 0.29) is 17.6 Å². The summed E-state index contributed by atoms with van der Waals surface area (Å²) in [6.45, 7) is 0. The summed E-state index contributed by atoms with van der Waals surface area (Å²) in [5.74, 6) is 0.680. The van der Waals surface area contributed by atoms with Gasteiger partial charge >= 0.3 is 0 Å². The maximum absolute atomic E-state index is 12.1. The van der Waals surface area contributed by atoms with E-state index in [0.29, 0.717) is 22.0 Å². The van der Waals surface area contributed by atoms with Crippen LogP contribution in [0.2, 0.25) is 5.02 Å². The number of halogens is 1. The summed E-state index contributed by atoms with van der Waals surface area (Å²) in [5.41, 5.74) is 1.98. The molecule has 0 aliphatic rings. The van der Waals surface area contributed by atoms with Gasteiger partial charge in [-0.15, -0.1) is 11.8 Å². The number of benzene rings is 1. The molecule has 24 heavy (non-hydrogen) atoms. The second-order valence-electron chi connectivity index (χ2n) is 5.30. The van der Waals surface area contributed by atoms with E-state index in [1.807, 2.05) is 12.1 Å². The molecule has 0 atom stereocenters. The predicted octanol–water partition coefficient (Wildman–Crippen LogP) is 3.31. The van der Waals surface area contributed by atoms with Crippen LogP contribution in [0.1, 0.15) is 15.9 Å². The van der Waals surface area contributed by atoms with Gasteiger partial charge in [-0.1, -0.05) is 17.7 Å². The molecule has 1 heterocycles. The van der Waals surface area contributed by atoms with Crippen molar-refractivity contribution in [2.45, 2.75) is 5.75 Å². The van der Waals surface area contributed by atoms with E-state index in [0.717, 1.165) is 5.56 Å². The average Bonchev–Trinajstić information content (AvgIpc) is 2.57. The monoisotopic (exact) mass is 363 g/mol. The van der Waals surface area contributed by atoms with Gasteiger partial charge in [0.1, 0.15) is 0 Å². The first-order valence-electron chi connectivity index (χ1n) is 7.25. The molecule has 126 valence electrons. The Morgan fingerprint density at radius 3 is 2.75 bits per heavy atom. The SMILES string of the molecule is CN(C)C(=O)c1ccc(Cl)c(NC(=O)CSCc2cccnc2)c1. The fourth-order valence-corrected chi connectivity index (χ4v) is 2.87. The van der Waals surface area contributed by atoms with Crippen LogP contribution in [-0.2, 0) is 10.5 Å². The van der Waals surface area contributed by atoms with Gasteiger partial charge in [-0.05, 0) is 29.8 Å². The van der Waals surface area contributed by atoms with Crippen LogP contribution in [0.5, 0.6) is 0 Å². The van der Waals surface area contributed by atoms with E-state index in [4.69, 9.17) is 11.6 Å².